The van der Waals surface area contributed by atoms with Gasteiger partial charge in [-0.25, -0.2) is 0 Å². The van der Waals surface area contributed by atoms with Gasteiger partial charge in [-0.2, -0.15) is 5.26 Å². The maximum atomic E-state index is 9.87. The summed E-state index contributed by atoms with van der Waals surface area (Å²) in [5.74, 6) is 0. The molecule has 1 aromatic rings. The molecular formula is C10H13NOS. The quantitative estimate of drug-likeness (QED) is 0.748. The summed E-state index contributed by atoms with van der Waals surface area (Å²) >= 11 is 1.36. The first-order chi connectivity index (χ1) is 5.95. The summed E-state index contributed by atoms with van der Waals surface area (Å²) in [5.41, 5.74) is -0.169. The van der Waals surface area contributed by atoms with Crippen molar-refractivity contribution in [2.45, 2.75) is 26.9 Å². The van der Waals surface area contributed by atoms with Crippen molar-refractivity contribution < 1.29 is 5.11 Å². The largest absolute Gasteiger partial charge is 0.387 e. The van der Waals surface area contributed by atoms with Crippen LogP contribution >= 0.6 is 11.3 Å². The SMILES string of the molecule is CC(C)(C)C(O)c1ccc(C#N)s1. The molecular weight excluding hydrogens is 182 g/mol. The van der Waals surface area contributed by atoms with Gasteiger partial charge in [-0.15, -0.1) is 11.3 Å². The first kappa shape index (κ1) is 10.2. The first-order valence-corrected chi connectivity index (χ1v) is 4.94. The second-order valence-electron chi connectivity index (χ2n) is 4.08. The van der Waals surface area contributed by atoms with Gasteiger partial charge < -0.3 is 5.11 Å². The molecule has 0 aliphatic carbocycles. The second-order valence-corrected chi connectivity index (χ2v) is 5.20. The maximum absolute atomic E-state index is 9.87. The molecule has 0 aliphatic rings. The Morgan fingerprint density at radius 1 is 1.46 bits per heavy atom. The summed E-state index contributed by atoms with van der Waals surface area (Å²) in [6, 6.07) is 5.62. The Bertz CT molecular complexity index is 329. The van der Waals surface area contributed by atoms with Crippen molar-refractivity contribution in [3.05, 3.63) is 21.9 Å². The topological polar surface area (TPSA) is 44.0 Å². The fraction of sp³-hybridized carbons (Fsp3) is 0.500. The number of aliphatic hydroxyl groups excluding tert-OH is 1. The fourth-order valence-electron chi connectivity index (χ4n) is 0.987. The highest BCUT2D eigenvalue weighted by Crippen LogP contribution is 2.35. The summed E-state index contributed by atoms with van der Waals surface area (Å²) in [5, 5.41) is 18.5. The Balaban J connectivity index is 2.91. The molecule has 0 bridgehead atoms. The van der Waals surface area contributed by atoms with Gasteiger partial charge in [-0.1, -0.05) is 20.8 Å². The van der Waals surface area contributed by atoms with Crippen LogP contribution in [0.15, 0.2) is 12.1 Å². The minimum absolute atomic E-state index is 0.169. The van der Waals surface area contributed by atoms with Gasteiger partial charge in [-0.05, 0) is 17.5 Å². The molecule has 0 spiro atoms. The molecule has 0 radical (unpaired) electrons. The van der Waals surface area contributed by atoms with Crippen molar-refractivity contribution in [2.75, 3.05) is 0 Å². The highest BCUT2D eigenvalue weighted by atomic mass is 32.1. The molecule has 70 valence electrons. The zero-order chi connectivity index (χ0) is 10.1. The van der Waals surface area contributed by atoms with Crippen LogP contribution in [0.1, 0.15) is 36.6 Å². The Labute approximate surface area is 82.4 Å². The van der Waals surface area contributed by atoms with Gasteiger partial charge in [0.15, 0.2) is 0 Å². The zero-order valence-electron chi connectivity index (χ0n) is 8.03. The van der Waals surface area contributed by atoms with Crippen molar-refractivity contribution in [3.8, 4) is 6.07 Å². The molecule has 0 fully saturated rings. The van der Waals surface area contributed by atoms with Gasteiger partial charge in [0, 0.05) is 4.88 Å². The molecule has 1 unspecified atom stereocenters. The van der Waals surface area contributed by atoms with Crippen LogP contribution in [0.4, 0.5) is 0 Å². The highest BCUT2D eigenvalue weighted by molar-refractivity contribution is 7.12. The lowest BCUT2D eigenvalue weighted by atomic mass is 9.88. The summed E-state index contributed by atoms with van der Waals surface area (Å²) in [6.07, 6.45) is -0.486. The minimum Gasteiger partial charge on any atom is -0.387 e. The lowest BCUT2D eigenvalue weighted by molar-refractivity contribution is 0.0658. The molecule has 0 aliphatic heterocycles. The van der Waals surface area contributed by atoms with Crippen LogP contribution in [0.5, 0.6) is 0 Å². The van der Waals surface area contributed by atoms with Gasteiger partial charge in [0.25, 0.3) is 0 Å². The van der Waals surface area contributed by atoms with Gasteiger partial charge in [0.05, 0.1) is 6.10 Å². The summed E-state index contributed by atoms with van der Waals surface area (Å²) in [6.45, 7) is 5.93. The van der Waals surface area contributed by atoms with E-state index in [2.05, 4.69) is 6.07 Å². The summed E-state index contributed by atoms with van der Waals surface area (Å²) in [4.78, 5) is 1.52. The monoisotopic (exact) mass is 195 g/mol. The van der Waals surface area contributed by atoms with E-state index >= 15 is 0 Å². The molecule has 13 heavy (non-hydrogen) atoms. The normalized spacial score (nSPS) is 13.8. The summed E-state index contributed by atoms with van der Waals surface area (Å²) in [7, 11) is 0. The third-order valence-corrected chi connectivity index (χ3v) is 2.87. The van der Waals surface area contributed by atoms with Gasteiger partial charge >= 0.3 is 0 Å². The van der Waals surface area contributed by atoms with E-state index in [0.717, 1.165) is 4.88 Å². The lowest BCUT2D eigenvalue weighted by Gasteiger charge is -2.24. The molecule has 0 saturated heterocycles. The minimum atomic E-state index is -0.486. The smallest absolute Gasteiger partial charge is 0.110 e. The number of thiophene rings is 1. The Hall–Kier alpha value is -0.850. The third-order valence-electron chi connectivity index (χ3n) is 1.83. The van der Waals surface area contributed by atoms with E-state index in [1.807, 2.05) is 26.8 Å². The molecule has 2 nitrogen and oxygen atoms in total. The van der Waals surface area contributed by atoms with Crippen LogP contribution in [0.3, 0.4) is 0 Å². The molecule has 3 heteroatoms. The van der Waals surface area contributed by atoms with Crippen molar-refractivity contribution in [2.24, 2.45) is 5.41 Å². The number of nitrogens with zero attached hydrogens (tertiary/aromatic N) is 1. The summed E-state index contributed by atoms with van der Waals surface area (Å²) < 4.78 is 0. The van der Waals surface area contributed by atoms with E-state index in [1.54, 1.807) is 6.07 Å². The molecule has 0 saturated carbocycles. The average Bonchev–Trinajstić information content (AvgIpc) is 2.48. The van der Waals surface area contributed by atoms with Crippen molar-refractivity contribution in [3.63, 3.8) is 0 Å². The number of aliphatic hydroxyl groups is 1. The second kappa shape index (κ2) is 3.49. The van der Waals surface area contributed by atoms with Gasteiger partial charge in [0.2, 0.25) is 0 Å². The Kier molecular flexibility index (Phi) is 2.74. The fourth-order valence-corrected chi connectivity index (χ4v) is 2.02. The average molecular weight is 195 g/mol. The number of hydrogen-bond donors (Lipinski definition) is 1. The van der Waals surface area contributed by atoms with E-state index in [1.165, 1.54) is 11.3 Å². The predicted octanol–water partition coefficient (Wildman–Crippen LogP) is 2.70. The van der Waals surface area contributed by atoms with Crippen LogP contribution in [-0.4, -0.2) is 5.11 Å². The van der Waals surface area contributed by atoms with E-state index in [0.29, 0.717) is 4.88 Å². The molecule has 1 aromatic heterocycles. The van der Waals surface area contributed by atoms with Crippen molar-refractivity contribution >= 4 is 11.3 Å². The maximum Gasteiger partial charge on any atom is 0.110 e. The van der Waals surface area contributed by atoms with E-state index < -0.39 is 6.10 Å². The molecule has 1 heterocycles. The molecule has 0 amide bonds. The predicted molar refractivity (Wildman–Crippen MR) is 53.4 cm³/mol. The highest BCUT2D eigenvalue weighted by Gasteiger charge is 2.24. The van der Waals surface area contributed by atoms with Crippen LogP contribution in [0.25, 0.3) is 0 Å². The van der Waals surface area contributed by atoms with Crippen molar-refractivity contribution in [1.29, 1.82) is 5.26 Å². The number of nitriles is 1. The molecule has 0 aromatic carbocycles. The van der Waals surface area contributed by atoms with Gasteiger partial charge in [0.1, 0.15) is 10.9 Å². The molecule has 1 rings (SSSR count). The van der Waals surface area contributed by atoms with Crippen LogP contribution in [-0.2, 0) is 0 Å². The zero-order valence-corrected chi connectivity index (χ0v) is 8.85. The van der Waals surface area contributed by atoms with E-state index in [-0.39, 0.29) is 5.41 Å². The van der Waals surface area contributed by atoms with Crippen LogP contribution < -0.4 is 0 Å². The van der Waals surface area contributed by atoms with Crippen LogP contribution in [0.2, 0.25) is 0 Å². The Morgan fingerprint density at radius 3 is 2.46 bits per heavy atom. The standard InChI is InChI=1S/C10H13NOS/c1-10(2,3)9(12)8-5-4-7(6-11)13-8/h4-5,9,12H,1-3H3. The van der Waals surface area contributed by atoms with Gasteiger partial charge in [-0.3, -0.25) is 0 Å². The van der Waals surface area contributed by atoms with E-state index in [9.17, 15) is 5.11 Å². The lowest BCUT2D eigenvalue weighted by Crippen LogP contribution is -2.16. The third kappa shape index (κ3) is 2.30. The molecule has 1 atom stereocenters. The Morgan fingerprint density at radius 2 is 2.08 bits per heavy atom. The molecule has 1 N–H and O–H groups in total. The van der Waals surface area contributed by atoms with E-state index in [4.69, 9.17) is 5.26 Å². The first-order valence-electron chi connectivity index (χ1n) is 4.13. The van der Waals surface area contributed by atoms with Crippen LogP contribution in [0, 0.1) is 16.7 Å². The number of rotatable bonds is 1. The van der Waals surface area contributed by atoms with Crippen molar-refractivity contribution in [1.82, 2.24) is 0 Å². The number of hydrogen-bond acceptors (Lipinski definition) is 3.